The summed E-state index contributed by atoms with van der Waals surface area (Å²) in [6.07, 6.45) is 6.12. The summed E-state index contributed by atoms with van der Waals surface area (Å²) in [5.41, 5.74) is 1.16. The third-order valence-corrected chi connectivity index (χ3v) is 5.05. The summed E-state index contributed by atoms with van der Waals surface area (Å²) in [7, 11) is 0. The van der Waals surface area contributed by atoms with E-state index in [-0.39, 0.29) is 17.9 Å². The van der Waals surface area contributed by atoms with E-state index >= 15 is 0 Å². The lowest BCUT2D eigenvalue weighted by Crippen LogP contribution is -2.39. The number of anilines is 1. The molecule has 6 heteroatoms. The number of amides is 2. The first-order valence-electron chi connectivity index (χ1n) is 9.82. The fourth-order valence-electron chi connectivity index (χ4n) is 3.54. The van der Waals surface area contributed by atoms with Gasteiger partial charge in [-0.15, -0.1) is 0 Å². The summed E-state index contributed by atoms with van der Waals surface area (Å²) in [5, 5.41) is 7.41. The van der Waals surface area contributed by atoms with Crippen molar-refractivity contribution < 1.29 is 9.59 Å². The first-order chi connectivity index (χ1) is 13.2. The van der Waals surface area contributed by atoms with Crippen molar-refractivity contribution in [2.24, 2.45) is 0 Å². The van der Waals surface area contributed by atoms with E-state index < -0.39 is 0 Å². The number of piperidine rings is 1. The molecule has 1 N–H and O–H groups in total. The molecular weight excluding hydrogens is 340 g/mol. The topological polar surface area (TPSA) is 67.2 Å². The zero-order chi connectivity index (χ0) is 19.1. The fourth-order valence-corrected chi connectivity index (χ4v) is 3.54. The van der Waals surface area contributed by atoms with Gasteiger partial charge in [-0.1, -0.05) is 37.3 Å². The molecule has 0 saturated carbocycles. The Hall–Kier alpha value is -2.63. The Morgan fingerprint density at radius 1 is 1.11 bits per heavy atom. The first-order valence-corrected chi connectivity index (χ1v) is 9.82. The molecule has 1 aromatic heterocycles. The van der Waals surface area contributed by atoms with Gasteiger partial charge in [0, 0.05) is 32.0 Å². The van der Waals surface area contributed by atoms with Gasteiger partial charge in [0.1, 0.15) is 5.82 Å². The Labute approximate surface area is 160 Å². The number of aromatic nitrogens is 2. The number of hydrogen-bond acceptors (Lipinski definition) is 3. The maximum Gasteiger partial charge on any atom is 0.225 e. The van der Waals surface area contributed by atoms with Crippen LogP contribution in [0, 0.1) is 0 Å². The summed E-state index contributed by atoms with van der Waals surface area (Å²) in [6, 6.07) is 12.1. The van der Waals surface area contributed by atoms with E-state index in [4.69, 9.17) is 0 Å². The van der Waals surface area contributed by atoms with Gasteiger partial charge < -0.3 is 10.2 Å². The molecule has 2 aromatic rings. The van der Waals surface area contributed by atoms with Gasteiger partial charge in [-0.05, 0) is 31.2 Å². The van der Waals surface area contributed by atoms with Crippen LogP contribution in [0.25, 0.3) is 0 Å². The second-order valence-corrected chi connectivity index (χ2v) is 7.06. The molecule has 1 saturated heterocycles. The fraction of sp³-hybridized carbons (Fsp3) is 0.476. The van der Waals surface area contributed by atoms with E-state index in [1.807, 2.05) is 52.9 Å². The van der Waals surface area contributed by atoms with Crippen molar-refractivity contribution in [1.29, 1.82) is 0 Å². The maximum absolute atomic E-state index is 12.3. The predicted octanol–water partition coefficient (Wildman–Crippen LogP) is 3.42. The highest BCUT2D eigenvalue weighted by molar-refractivity contribution is 5.90. The molecule has 1 fully saturated rings. The van der Waals surface area contributed by atoms with Crippen LogP contribution >= 0.6 is 0 Å². The Balaban J connectivity index is 1.52. The summed E-state index contributed by atoms with van der Waals surface area (Å²) in [6.45, 7) is 3.54. The highest BCUT2D eigenvalue weighted by atomic mass is 16.2. The average Bonchev–Trinajstić information content (AvgIpc) is 3.15. The van der Waals surface area contributed by atoms with E-state index in [1.54, 1.807) is 6.20 Å². The summed E-state index contributed by atoms with van der Waals surface area (Å²) in [4.78, 5) is 26.3. The Bertz CT molecular complexity index is 749. The van der Waals surface area contributed by atoms with Crippen molar-refractivity contribution in [3.8, 4) is 0 Å². The van der Waals surface area contributed by atoms with Crippen LogP contribution < -0.4 is 5.32 Å². The van der Waals surface area contributed by atoms with Crippen molar-refractivity contribution in [2.75, 3.05) is 18.4 Å². The third kappa shape index (κ3) is 5.18. The quantitative estimate of drug-likeness (QED) is 0.814. The van der Waals surface area contributed by atoms with Gasteiger partial charge in [-0.3, -0.25) is 9.59 Å². The van der Waals surface area contributed by atoms with Crippen LogP contribution in [0.4, 0.5) is 5.82 Å². The van der Waals surface area contributed by atoms with Crippen LogP contribution in [-0.2, 0) is 16.0 Å². The molecule has 144 valence electrons. The Morgan fingerprint density at radius 2 is 1.85 bits per heavy atom. The number of likely N-dealkylation sites (tertiary alicyclic amines) is 1. The molecule has 1 aromatic carbocycles. The number of nitrogens with one attached hydrogen (secondary N) is 1. The largest absolute Gasteiger partial charge is 0.343 e. The Morgan fingerprint density at radius 3 is 2.56 bits per heavy atom. The number of aryl methyl sites for hydroxylation is 1. The number of hydrogen-bond donors (Lipinski definition) is 1. The van der Waals surface area contributed by atoms with E-state index in [9.17, 15) is 9.59 Å². The summed E-state index contributed by atoms with van der Waals surface area (Å²) >= 11 is 0. The van der Waals surface area contributed by atoms with Gasteiger partial charge in [0.15, 0.2) is 0 Å². The molecule has 0 bridgehead atoms. The monoisotopic (exact) mass is 368 g/mol. The van der Waals surface area contributed by atoms with Crippen molar-refractivity contribution in [2.45, 2.75) is 51.5 Å². The smallest absolute Gasteiger partial charge is 0.225 e. The second-order valence-electron chi connectivity index (χ2n) is 7.06. The molecule has 0 unspecified atom stereocenters. The van der Waals surface area contributed by atoms with Crippen LogP contribution in [-0.4, -0.2) is 39.6 Å². The molecule has 27 heavy (non-hydrogen) atoms. The van der Waals surface area contributed by atoms with E-state index in [2.05, 4.69) is 10.4 Å². The minimum atomic E-state index is -0.00355. The molecule has 0 aliphatic carbocycles. The molecule has 6 nitrogen and oxygen atoms in total. The van der Waals surface area contributed by atoms with Gasteiger partial charge in [-0.25, -0.2) is 4.68 Å². The molecule has 0 atom stereocenters. The van der Waals surface area contributed by atoms with Gasteiger partial charge in [0.05, 0.1) is 12.2 Å². The zero-order valence-corrected chi connectivity index (χ0v) is 15.9. The number of carbonyl (C=O) groups is 2. The standard InChI is InChI=1S/C21H28N4O2/c1-2-6-21(27)24-15-12-18(13-16-24)25-19(11-14-22-25)23-20(26)10-9-17-7-4-3-5-8-17/h3-5,7-8,11,14,18H,2,6,9-10,12-13,15-16H2,1H3,(H,23,26). The molecule has 1 aliphatic rings. The van der Waals surface area contributed by atoms with Crippen molar-refractivity contribution in [3.63, 3.8) is 0 Å². The van der Waals surface area contributed by atoms with E-state index in [0.29, 0.717) is 12.8 Å². The minimum absolute atomic E-state index is 0.00355. The van der Waals surface area contributed by atoms with Crippen molar-refractivity contribution in [3.05, 3.63) is 48.2 Å². The normalized spacial score (nSPS) is 14.9. The van der Waals surface area contributed by atoms with E-state index in [1.165, 1.54) is 0 Å². The molecule has 3 rings (SSSR count). The van der Waals surface area contributed by atoms with Crippen LogP contribution in [0.1, 0.15) is 50.6 Å². The van der Waals surface area contributed by atoms with Crippen molar-refractivity contribution >= 4 is 17.6 Å². The maximum atomic E-state index is 12.3. The second kappa shape index (κ2) is 9.35. The van der Waals surface area contributed by atoms with Gasteiger partial charge in [0.2, 0.25) is 11.8 Å². The van der Waals surface area contributed by atoms with Gasteiger partial charge >= 0.3 is 0 Å². The number of benzene rings is 1. The average molecular weight is 368 g/mol. The van der Waals surface area contributed by atoms with Crippen LogP contribution in [0.5, 0.6) is 0 Å². The summed E-state index contributed by atoms with van der Waals surface area (Å²) < 4.78 is 1.90. The first kappa shape index (κ1) is 19.1. The molecule has 0 radical (unpaired) electrons. The molecule has 1 aliphatic heterocycles. The zero-order valence-electron chi connectivity index (χ0n) is 15.9. The lowest BCUT2D eigenvalue weighted by molar-refractivity contribution is -0.132. The van der Waals surface area contributed by atoms with Crippen LogP contribution in [0.15, 0.2) is 42.6 Å². The number of carbonyl (C=O) groups excluding carboxylic acids is 2. The lowest BCUT2D eigenvalue weighted by Gasteiger charge is -2.32. The summed E-state index contributed by atoms with van der Waals surface area (Å²) in [5.74, 6) is 0.980. The molecular formula is C21H28N4O2. The van der Waals surface area contributed by atoms with Gasteiger partial charge in [0.25, 0.3) is 0 Å². The number of rotatable bonds is 7. The number of nitrogens with zero attached hydrogens (tertiary/aromatic N) is 3. The van der Waals surface area contributed by atoms with Gasteiger partial charge in [-0.2, -0.15) is 5.10 Å². The van der Waals surface area contributed by atoms with Crippen LogP contribution in [0.3, 0.4) is 0 Å². The highest BCUT2D eigenvalue weighted by Gasteiger charge is 2.25. The Kier molecular flexibility index (Phi) is 6.63. The SMILES string of the molecule is CCCC(=O)N1CCC(n2nccc2NC(=O)CCc2ccccc2)CC1. The minimum Gasteiger partial charge on any atom is -0.343 e. The molecule has 2 heterocycles. The van der Waals surface area contributed by atoms with Crippen LogP contribution in [0.2, 0.25) is 0 Å². The van der Waals surface area contributed by atoms with E-state index in [0.717, 1.165) is 50.2 Å². The molecule has 0 spiro atoms. The molecule has 2 amide bonds. The lowest BCUT2D eigenvalue weighted by atomic mass is 10.0. The van der Waals surface area contributed by atoms with Crippen molar-refractivity contribution in [1.82, 2.24) is 14.7 Å². The highest BCUT2D eigenvalue weighted by Crippen LogP contribution is 2.26. The predicted molar refractivity (Wildman–Crippen MR) is 105 cm³/mol. The third-order valence-electron chi connectivity index (χ3n) is 5.05.